The molecule has 3 N–H and O–H groups in total. The molecule has 4 heteroatoms. The molecule has 1 amide bonds. The first kappa shape index (κ1) is 73.8. The molecule has 0 saturated carbocycles. The molecule has 0 fully saturated rings. The van der Waals surface area contributed by atoms with Gasteiger partial charge in [-0.3, -0.25) is 4.79 Å². The maximum Gasteiger partial charge on any atom is 0.220 e. The fourth-order valence-electron chi connectivity index (χ4n) is 9.66. The molecule has 77 heavy (non-hydrogen) atoms. The predicted octanol–water partition coefficient (Wildman–Crippen LogP) is 22.8. The first-order chi connectivity index (χ1) is 38.2. The van der Waals surface area contributed by atoms with E-state index in [0.29, 0.717) is 6.42 Å². The van der Waals surface area contributed by atoms with Crippen molar-refractivity contribution < 1.29 is 15.0 Å². The molecule has 0 radical (unpaired) electrons. The largest absolute Gasteiger partial charge is 0.394 e. The summed E-state index contributed by atoms with van der Waals surface area (Å²) < 4.78 is 0. The molecule has 0 rings (SSSR count). The van der Waals surface area contributed by atoms with Gasteiger partial charge in [0.1, 0.15) is 0 Å². The Kier molecular flexibility index (Phi) is 64.3. The van der Waals surface area contributed by atoms with E-state index in [1.165, 1.54) is 212 Å². The molecule has 2 unspecified atom stereocenters. The Hall–Kier alpha value is -3.21. The van der Waals surface area contributed by atoms with Crippen molar-refractivity contribution in [3.63, 3.8) is 0 Å². The third-order valence-corrected chi connectivity index (χ3v) is 14.7. The molecule has 442 valence electrons. The summed E-state index contributed by atoms with van der Waals surface area (Å²) in [5.41, 5.74) is 0. The molecule has 0 heterocycles. The zero-order valence-corrected chi connectivity index (χ0v) is 50.9. The number of unbranched alkanes of at least 4 members (excludes halogenated alkanes) is 35. The highest BCUT2D eigenvalue weighted by Crippen LogP contribution is 2.17. The molecular formula is C73H127NO3. The number of carbonyl (C=O) groups is 1. The van der Waals surface area contributed by atoms with E-state index in [4.69, 9.17) is 0 Å². The Balaban J connectivity index is 3.53. The van der Waals surface area contributed by atoms with E-state index in [-0.39, 0.29) is 12.5 Å². The Morgan fingerprint density at radius 3 is 0.909 bits per heavy atom. The van der Waals surface area contributed by atoms with Gasteiger partial charge < -0.3 is 15.5 Å². The maximum absolute atomic E-state index is 12.5. The molecule has 0 aromatic heterocycles. The van der Waals surface area contributed by atoms with Crippen molar-refractivity contribution in [1.29, 1.82) is 0 Å². The van der Waals surface area contributed by atoms with Crippen LogP contribution in [0.5, 0.6) is 0 Å². The van der Waals surface area contributed by atoms with Crippen LogP contribution in [0.1, 0.15) is 316 Å². The average molecular weight is 1070 g/mol. The zero-order chi connectivity index (χ0) is 55.5. The van der Waals surface area contributed by atoms with Crippen LogP contribution >= 0.6 is 0 Å². The van der Waals surface area contributed by atoms with Crippen molar-refractivity contribution in [2.45, 2.75) is 328 Å². The van der Waals surface area contributed by atoms with Crippen LogP contribution in [0.25, 0.3) is 0 Å². The molecular weight excluding hydrogens is 939 g/mol. The summed E-state index contributed by atoms with van der Waals surface area (Å²) in [7, 11) is 0. The summed E-state index contributed by atoms with van der Waals surface area (Å²) in [5.74, 6) is -0.0770. The van der Waals surface area contributed by atoms with Gasteiger partial charge in [-0.1, -0.05) is 328 Å². The SMILES string of the molecule is CC/C=C\C/C=C\C/C=C\C/C=C\C/C=C\C/C=C\C/C=C\CCCCCCCCCCCCCCCCCCCCCC(=O)NC(CO)C(O)/C=C/CC/C=C/CC/C=C/CCCCCCCCCCCCCCCC. The van der Waals surface area contributed by atoms with Gasteiger partial charge in [0.15, 0.2) is 0 Å². The lowest BCUT2D eigenvalue weighted by molar-refractivity contribution is -0.123. The molecule has 0 aromatic rings. The molecule has 0 bridgehead atoms. The number of aliphatic hydroxyl groups excluding tert-OH is 2. The smallest absolute Gasteiger partial charge is 0.220 e. The minimum Gasteiger partial charge on any atom is -0.394 e. The van der Waals surface area contributed by atoms with Crippen LogP contribution in [-0.2, 0) is 4.79 Å². The minimum absolute atomic E-state index is 0.0770. The standard InChI is InChI=1S/C73H127NO3/c1-3-5-7-9-11-13-15-17-19-21-23-25-27-29-30-31-32-33-34-35-36-37-38-39-40-41-42-43-44-45-47-49-51-53-55-57-59-61-63-65-67-69-73(77)74-71(70-75)72(76)68-66-64-62-60-58-56-54-52-50-48-46-28-26-24-22-20-18-16-14-12-10-8-6-4-2/h5,7,11,13,17,19,23,25,29-30,32-33,35-36,50,52,58,60,66,68,71-72,75-76H,3-4,6,8-10,12,14-16,18,20-22,24,26-28,31,34,37-49,51,53-57,59,61-65,67,69-70H2,1-2H3,(H,74,77)/b7-5-,13-11-,19-17-,25-23-,30-29-,33-32-,36-35-,52-50+,60-58+,68-66+. The van der Waals surface area contributed by atoms with E-state index < -0.39 is 12.1 Å². The number of hydrogen-bond donors (Lipinski definition) is 3. The highest BCUT2D eigenvalue weighted by Gasteiger charge is 2.18. The van der Waals surface area contributed by atoms with Gasteiger partial charge >= 0.3 is 0 Å². The van der Waals surface area contributed by atoms with Crippen LogP contribution in [0, 0.1) is 0 Å². The summed E-state index contributed by atoms with van der Waals surface area (Å²) in [5, 5.41) is 23.2. The fraction of sp³-hybridized carbons (Fsp3) is 0.712. The van der Waals surface area contributed by atoms with Gasteiger partial charge in [0, 0.05) is 6.42 Å². The lowest BCUT2D eigenvalue weighted by Gasteiger charge is -2.19. The number of hydrogen-bond acceptors (Lipinski definition) is 3. The summed E-state index contributed by atoms with van der Waals surface area (Å²) >= 11 is 0. The van der Waals surface area contributed by atoms with Crippen molar-refractivity contribution in [3.8, 4) is 0 Å². The number of rotatable bonds is 60. The number of amides is 1. The van der Waals surface area contributed by atoms with Gasteiger partial charge in [-0.25, -0.2) is 0 Å². The second-order valence-electron chi connectivity index (χ2n) is 22.1. The van der Waals surface area contributed by atoms with E-state index in [1.54, 1.807) is 6.08 Å². The Morgan fingerprint density at radius 2 is 0.584 bits per heavy atom. The van der Waals surface area contributed by atoms with Crippen molar-refractivity contribution in [3.05, 3.63) is 122 Å². The first-order valence-electron chi connectivity index (χ1n) is 33.2. The maximum atomic E-state index is 12.5. The predicted molar refractivity (Wildman–Crippen MR) is 345 cm³/mol. The second-order valence-corrected chi connectivity index (χ2v) is 22.1. The highest BCUT2D eigenvalue weighted by atomic mass is 16.3. The summed E-state index contributed by atoms with van der Waals surface area (Å²) in [6, 6.07) is -0.652. The molecule has 0 aliphatic carbocycles. The third-order valence-electron chi connectivity index (χ3n) is 14.7. The second kappa shape index (κ2) is 67.1. The Labute approximate surface area is 479 Å². The van der Waals surface area contributed by atoms with Gasteiger partial charge in [-0.15, -0.1) is 0 Å². The summed E-state index contributed by atoms with van der Waals surface area (Å²) in [6.07, 6.45) is 103. The van der Waals surface area contributed by atoms with Gasteiger partial charge in [-0.2, -0.15) is 0 Å². The van der Waals surface area contributed by atoms with E-state index in [9.17, 15) is 15.0 Å². The Bertz CT molecular complexity index is 1490. The number of carbonyl (C=O) groups excluding carboxylic acids is 1. The monoisotopic (exact) mass is 1070 g/mol. The third kappa shape index (κ3) is 63.5. The number of allylic oxidation sites excluding steroid dienone is 19. The first-order valence-corrected chi connectivity index (χ1v) is 33.2. The molecule has 0 aromatic carbocycles. The quantitative estimate of drug-likeness (QED) is 0.0420. The van der Waals surface area contributed by atoms with Crippen molar-refractivity contribution in [2.24, 2.45) is 0 Å². The molecule has 2 atom stereocenters. The van der Waals surface area contributed by atoms with Crippen LogP contribution in [0.2, 0.25) is 0 Å². The minimum atomic E-state index is -0.876. The lowest BCUT2D eigenvalue weighted by atomic mass is 10.0. The van der Waals surface area contributed by atoms with Crippen LogP contribution in [-0.4, -0.2) is 34.9 Å². The van der Waals surface area contributed by atoms with Crippen LogP contribution in [0.15, 0.2) is 122 Å². The van der Waals surface area contributed by atoms with Crippen molar-refractivity contribution >= 4 is 5.91 Å². The highest BCUT2D eigenvalue weighted by molar-refractivity contribution is 5.76. The van der Waals surface area contributed by atoms with Gasteiger partial charge in [-0.05, 0) is 103 Å². The molecule has 0 spiro atoms. The molecule has 4 nitrogen and oxygen atoms in total. The van der Waals surface area contributed by atoms with Crippen molar-refractivity contribution in [1.82, 2.24) is 5.32 Å². The fourth-order valence-corrected chi connectivity index (χ4v) is 9.66. The van der Waals surface area contributed by atoms with Gasteiger partial charge in [0.05, 0.1) is 18.8 Å². The molecule has 0 aliphatic rings. The van der Waals surface area contributed by atoms with E-state index in [2.05, 4.69) is 129 Å². The normalized spacial score (nSPS) is 13.6. The van der Waals surface area contributed by atoms with Crippen LogP contribution in [0.4, 0.5) is 0 Å². The lowest BCUT2D eigenvalue weighted by Crippen LogP contribution is -2.45. The topological polar surface area (TPSA) is 69.6 Å². The van der Waals surface area contributed by atoms with Crippen molar-refractivity contribution in [2.75, 3.05) is 6.61 Å². The average Bonchev–Trinajstić information content (AvgIpc) is 3.43. The zero-order valence-electron chi connectivity index (χ0n) is 50.9. The van der Waals surface area contributed by atoms with E-state index in [1.807, 2.05) is 6.08 Å². The summed E-state index contributed by atoms with van der Waals surface area (Å²) in [4.78, 5) is 12.5. The Morgan fingerprint density at radius 1 is 0.325 bits per heavy atom. The molecule has 0 saturated heterocycles. The van der Waals surface area contributed by atoms with E-state index in [0.717, 1.165) is 83.5 Å². The van der Waals surface area contributed by atoms with E-state index >= 15 is 0 Å². The number of aliphatic hydroxyl groups is 2. The molecule has 0 aliphatic heterocycles. The number of nitrogens with one attached hydrogen (secondary N) is 1. The van der Waals surface area contributed by atoms with Crippen LogP contribution in [0.3, 0.4) is 0 Å². The van der Waals surface area contributed by atoms with Gasteiger partial charge in [0.25, 0.3) is 0 Å². The van der Waals surface area contributed by atoms with Gasteiger partial charge in [0.2, 0.25) is 5.91 Å². The summed E-state index contributed by atoms with van der Waals surface area (Å²) in [6.45, 7) is 4.20. The van der Waals surface area contributed by atoms with Crippen LogP contribution < -0.4 is 5.32 Å².